The summed E-state index contributed by atoms with van der Waals surface area (Å²) in [6.07, 6.45) is 14.3. The zero-order chi connectivity index (χ0) is 25.9. The summed E-state index contributed by atoms with van der Waals surface area (Å²) < 4.78 is 24.7. The minimum Gasteiger partial charge on any atom is -0.486 e. The van der Waals surface area contributed by atoms with Crippen molar-refractivity contribution >= 4 is 34.6 Å². The first-order valence-corrected chi connectivity index (χ1v) is 14.4. The second-order valence-corrected chi connectivity index (χ2v) is 10.5. The van der Waals surface area contributed by atoms with E-state index in [1.54, 1.807) is 17.0 Å². The number of carbonyl (C=O) groups is 1. The molecule has 2 aromatic rings. The SMILES string of the molecule is CCCCCCCCCCCCN1C(=O)C(=Cc2ccc3c(c2)OCCO3)SC1=Nc1ccc(F)cc1. The highest BCUT2D eigenvalue weighted by Crippen LogP contribution is 2.36. The van der Waals surface area contributed by atoms with Crippen LogP contribution in [0.5, 0.6) is 11.5 Å². The predicted octanol–water partition coefficient (Wildman–Crippen LogP) is 8.12. The number of benzene rings is 2. The van der Waals surface area contributed by atoms with Crippen molar-refractivity contribution < 1.29 is 18.7 Å². The maximum Gasteiger partial charge on any atom is 0.266 e. The van der Waals surface area contributed by atoms with E-state index in [4.69, 9.17) is 9.47 Å². The second kappa shape index (κ2) is 14.2. The monoisotopic (exact) mass is 524 g/mol. The molecule has 5 nitrogen and oxygen atoms in total. The van der Waals surface area contributed by atoms with Gasteiger partial charge in [0.2, 0.25) is 0 Å². The van der Waals surface area contributed by atoms with Gasteiger partial charge in [-0.05, 0) is 66.2 Å². The van der Waals surface area contributed by atoms with Crippen molar-refractivity contribution in [1.29, 1.82) is 0 Å². The molecule has 2 aliphatic rings. The molecular weight excluding hydrogens is 487 g/mol. The number of thioether (sulfide) groups is 1. The number of hydrogen-bond acceptors (Lipinski definition) is 5. The summed E-state index contributed by atoms with van der Waals surface area (Å²) in [5, 5.41) is 0.635. The molecule has 1 amide bonds. The number of halogens is 1. The number of unbranched alkanes of at least 4 members (excludes halogenated alkanes) is 9. The first-order chi connectivity index (χ1) is 18.1. The van der Waals surface area contributed by atoms with E-state index in [9.17, 15) is 9.18 Å². The second-order valence-electron chi connectivity index (χ2n) is 9.52. The van der Waals surface area contributed by atoms with E-state index in [0.29, 0.717) is 41.3 Å². The Bertz CT molecular complexity index is 1100. The summed E-state index contributed by atoms with van der Waals surface area (Å²) >= 11 is 1.36. The third-order valence-electron chi connectivity index (χ3n) is 6.54. The number of carbonyl (C=O) groups excluding carboxylic acids is 1. The Labute approximate surface area is 224 Å². The zero-order valence-electron chi connectivity index (χ0n) is 21.7. The number of fused-ring (bicyclic) bond motifs is 1. The molecule has 37 heavy (non-hydrogen) atoms. The van der Waals surface area contributed by atoms with Gasteiger partial charge in [-0.2, -0.15) is 0 Å². The highest BCUT2D eigenvalue weighted by molar-refractivity contribution is 8.18. The predicted molar refractivity (Wildman–Crippen MR) is 150 cm³/mol. The number of rotatable bonds is 13. The van der Waals surface area contributed by atoms with E-state index in [1.165, 1.54) is 75.3 Å². The highest BCUT2D eigenvalue weighted by atomic mass is 32.2. The van der Waals surface area contributed by atoms with Crippen LogP contribution in [0.25, 0.3) is 6.08 Å². The fraction of sp³-hybridized carbons (Fsp3) is 0.467. The molecule has 2 aromatic carbocycles. The molecule has 1 fully saturated rings. The van der Waals surface area contributed by atoms with E-state index >= 15 is 0 Å². The molecule has 4 rings (SSSR count). The van der Waals surface area contributed by atoms with E-state index in [-0.39, 0.29) is 11.7 Å². The maximum atomic E-state index is 13.4. The van der Waals surface area contributed by atoms with Crippen LogP contribution in [-0.2, 0) is 4.79 Å². The van der Waals surface area contributed by atoms with Gasteiger partial charge < -0.3 is 9.47 Å². The molecule has 198 valence electrons. The molecule has 0 aliphatic carbocycles. The topological polar surface area (TPSA) is 51.1 Å². The smallest absolute Gasteiger partial charge is 0.266 e. The Balaban J connectivity index is 1.38. The lowest BCUT2D eigenvalue weighted by atomic mass is 10.1. The van der Waals surface area contributed by atoms with Crippen LogP contribution >= 0.6 is 11.8 Å². The molecule has 1 saturated heterocycles. The summed E-state index contributed by atoms with van der Waals surface area (Å²) in [6.45, 7) is 3.93. The largest absolute Gasteiger partial charge is 0.486 e. The average Bonchev–Trinajstić information content (AvgIpc) is 3.19. The fourth-order valence-corrected chi connectivity index (χ4v) is 5.50. The maximum absolute atomic E-state index is 13.4. The minimum absolute atomic E-state index is 0.0447. The van der Waals surface area contributed by atoms with Crippen molar-refractivity contribution in [1.82, 2.24) is 4.90 Å². The van der Waals surface area contributed by atoms with Gasteiger partial charge in [-0.1, -0.05) is 70.8 Å². The molecule has 2 heterocycles. The standard InChI is InChI=1S/C30H37FN2O3S/c1-2-3-4-5-6-7-8-9-10-11-18-33-29(34)28(37-30(33)32-25-15-13-24(31)14-16-25)22-23-12-17-26-27(21-23)36-20-19-35-26/h12-17,21-22H,2-11,18-20H2,1H3. The average molecular weight is 525 g/mol. The molecule has 0 aromatic heterocycles. The quantitative estimate of drug-likeness (QED) is 0.196. The fourth-order valence-electron chi connectivity index (χ4n) is 4.47. The first kappa shape index (κ1) is 27.2. The molecule has 0 bridgehead atoms. The van der Waals surface area contributed by atoms with Crippen LogP contribution in [0.4, 0.5) is 10.1 Å². The van der Waals surface area contributed by atoms with E-state index in [0.717, 1.165) is 24.2 Å². The summed E-state index contributed by atoms with van der Waals surface area (Å²) in [4.78, 5) is 20.5. The normalized spacial score (nSPS) is 17.2. The lowest BCUT2D eigenvalue weighted by molar-refractivity contribution is -0.122. The van der Waals surface area contributed by atoms with Crippen LogP contribution in [0.3, 0.4) is 0 Å². The Kier molecular flexibility index (Phi) is 10.5. The van der Waals surface area contributed by atoms with Crippen LogP contribution in [0.1, 0.15) is 76.7 Å². The van der Waals surface area contributed by atoms with Crippen molar-refractivity contribution in [2.75, 3.05) is 19.8 Å². The van der Waals surface area contributed by atoms with E-state index < -0.39 is 0 Å². The molecule has 0 spiro atoms. The Hall–Kier alpha value is -2.80. The van der Waals surface area contributed by atoms with Crippen molar-refractivity contribution in [2.45, 2.75) is 71.1 Å². The third-order valence-corrected chi connectivity index (χ3v) is 7.55. The molecule has 0 saturated carbocycles. The van der Waals surface area contributed by atoms with Gasteiger partial charge in [0.15, 0.2) is 16.7 Å². The van der Waals surface area contributed by atoms with Crippen molar-refractivity contribution in [2.24, 2.45) is 4.99 Å². The van der Waals surface area contributed by atoms with Gasteiger partial charge in [0, 0.05) is 6.54 Å². The number of aliphatic imine (C=N–C) groups is 1. The van der Waals surface area contributed by atoms with Gasteiger partial charge in [-0.3, -0.25) is 9.69 Å². The molecule has 0 unspecified atom stereocenters. The third kappa shape index (κ3) is 8.09. The molecule has 0 atom stereocenters. The summed E-state index contributed by atoms with van der Waals surface area (Å²) in [7, 11) is 0. The van der Waals surface area contributed by atoms with E-state index in [2.05, 4.69) is 11.9 Å². The Morgan fingerprint density at radius 1 is 0.892 bits per heavy atom. The summed E-state index contributed by atoms with van der Waals surface area (Å²) in [5.74, 6) is 1.07. The van der Waals surface area contributed by atoms with Crippen LogP contribution in [0.15, 0.2) is 52.4 Å². The number of nitrogens with zero attached hydrogens (tertiary/aromatic N) is 2. The van der Waals surface area contributed by atoms with E-state index in [1.807, 2.05) is 24.3 Å². The van der Waals surface area contributed by atoms with Gasteiger partial charge in [-0.25, -0.2) is 9.38 Å². The van der Waals surface area contributed by atoms with Gasteiger partial charge in [0.25, 0.3) is 5.91 Å². The number of amides is 1. The lowest BCUT2D eigenvalue weighted by Crippen LogP contribution is -2.30. The summed E-state index contributed by atoms with van der Waals surface area (Å²) in [5.41, 5.74) is 1.51. The lowest BCUT2D eigenvalue weighted by Gasteiger charge is -2.18. The van der Waals surface area contributed by atoms with Gasteiger partial charge >= 0.3 is 0 Å². The molecule has 0 N–H and O–H groups in total. The summed E-state index contributed by atoms with van der Waals surface area (Å²) in [6, 6.07) is 11.7. The molecule has 0 radical (unpaired) electrons. The highest BCUT2D eigenvalue weighted by Gasteiger charge is 2.33. The molecular formula is C30H37FN2O3S. The molecule has 7 heteroatoms. The Morgan fingerprint density at radius 2 is 1.54 bits per heavy atom. The van der Waals surface area contributed by atoms with Crippen LogP contribution in [0, 0.1) is 5.82 Å². The van der Waals surface area contributed by atoms with Crippen molar-refractivity contribution in [3.8, 4) is 11.5 Å². The number of amidine groups is 1. The van der Waals surface area contributed by atoms with Gasteiger partial charge in [-0.15, -0.1) is 0 Å². The van der Waals surface area contributed by atoms with Crippen molar-refractivity contribution in [3.05, 3.63) is 58.8 Å². The minimum atomic E-state index is -0.305. The number of ether oxygens (including phenoxy) is 2. The Morgan fingerprint density at radius 3 is 2.24 bits per heavy atom. The molecule has 2 aliphatic heterocycles. The zero-order valence-corrected chi connectivity index (χ0v) is 22.5. The van der Waals surface area contributed by atoms with Crippen LogP contribution in [0.2, 0.25) is 0 Å². The van der Waals surface area contributed by atoms with Crippen LogP contribution < -0.4 is 9.47 Å². The van der Waals surface area contributed by atoms with Gasteiger partial charge in [0.1, 0.15) is 19.0 Å². The van der Waals surface area contributed by atoms with Gasteiger partial charge in [0.05, 0.1) is 10.6 Å². The van der Waals surface area contributed by atoms with Crippen molar-refractivity contribution in [3.63, 3.8) is 0 Å². The number of hydrogen-bond donors (Lipinski definition) is 0. The first-order valence-electron chi connectivity index (χ1n) is 13.6. The van der Waals surface area contributed by atoms with Crippen LogP contribution in [-0.4, -0.2) is 35.7 Å².